The molecular formula is C9H15N5O2. The number of carbonyl (C=O) groups excluding carboxylic acids is 1. The Balaban J connectivity index is 1.87. The Labute approximate surface area is 93.0 Å². The van der Waals surface area contributed by atoms with Crippen molar-refractivity contribution in [2.45, 2.75) is 26.0 Å². The van der Waals surface area contributed by atoms with Crippen molar-refractivity contribution in [2.24, 2.45) is 5.92 Å². The van der Waals surface area contributed by atoms with E-state index in [2.05, 4.69) is 15.5 Å². The highest BCUT2D eigenvalue weighted by Gasteiger charge is 2.28. The van der Waals surface area contributed by atoms with Crippen molar-refractivity contribution in [3.63, 3.8) is 0 Å². The highest BCUT2D eigenvalue weighted by molar-refractivity contribution is 5.76. The van der Waals surface area contributed by atoms with Gasteiger partial charge in [-0.05, 0) is 23.8 Å². The average Bonchev–Trinajstić information content (AvgIpc) is 2.86. The van der Waals surface area contributed by atoms with Gasteiger partial charge in [-0.3, -0.25) is 4.79 Å². The third-order valence-corrected chi connectivity index (χ3v) is 2.95. The first-order valence-electron chi connectivity index (χ1n) is 5.33. The zero-order valence-electron chi connectivity index (χ0n) is 9.15. The maximum Gasteiger partial charge on any atom is 0.244 e. The van der Waals surface area contributed by atoms with E-state index in [-0.39, 0.29) is 24.5 Å². The summed E-state index contributed by atoms with van der Waals surface area (Å²) in [4.78, 5) is 13.6. The fourth-order valence-electron chi connectivity index (χ4n) is 1.90. The van der Waals surface area contributed by atoms with Gasteiger partial charge in [0.25, 0.3) is 0 Å². The molecule has 2 unspecified atom stereocenters. The molecule has 0 bridgehead atoms. The molecule has 7 heteroatoms. The minimum Gasteiger partial charge on any atom is -0.393 e. The normalized spacial score (nSPS) is 22.4. The summed E-state index contributed by atoms with van der Waals surface area (Å²) in [6.07, 6.45) is 1.92. The van der Waals surface area contributed by atoms with Gasteiger partial charge in [0.15, 0.2) is 0 Å². The first kappa shape index (κ1) is 11.0. The summed E-state index contributed by atoms with van der Waals surface area (Å²) in [5.41, 5.74) is 0. The summed E-state index contributed by atoms with van der Waals surface area (Å²) in [5.74, 6) is 0.188. The van der Waals surface area contributed by atoms with Crippen LogP contribution >= 0.6 is 0 Å². The van der Waals surface area contributed by atoms with Gasteiger partial charge in [-0.2, -0.15) is 0 Å². The van der Waals surface area contributed by atoms with E-state index < -0.39 is 0 Å². The van der Waals surface area contributed by atoms with Crippen LogP contribution in [0.1, 0.15) is 13.3 Å². The van der Waals surface area contributed by atoms with Crippen LogP contribution in [0.4, 0.5) is 0 Å². The van der Waals surface area contributed by atoms with E-state index in [4.69, 9.17) is 0 Å². The van der Waals surface area contributed by atoms with Crippen LogP contribution in [0.25, 0.3) is 0 Å². The highest BCUT2D eigenvalue weighted by Crippen LogP contribution is 2.19. The lowest BCUT2D eigenvalue weighted by atomic mass is 10.0. The second kappa shape index (κ2) is 4.56. The van der Waals surface area contributed by atoms with Gasteiger partial charge in [0.05, 0.1) is 6.10 Å². The zero-order valence-corrected chi connectivity index (χ0v) is 9.15. The van der Waals surface area contributed by atoms with Gasteiger partial charge in [0.2, 0.25) is 5.91 Å². The van der Waals surface area contributed by atoms with Crippen molar-refractivity contribution in [2.75, 3.05) is 13.1 Å². The zero-order chi connectivity index (χ0) is 11.5. The molecule has 1 fully saturated rings. The standard InChI is InChI=1S/C9H15N5O2/c1-7(15)8-2-3-13(4-8)9(16)5-14-6-10-11-12-14/h6-8,15H,2-5H2,1H3. The van der Waals surface area contributed by atoms with Crippen LogP contribution in [0.15, 0.2) is 6.33 Å². The largest absolute Gasteiger partial charge is 0.393 e. The second-order valence-electron chi connectivity index (χ2n) is 4.14. The Kier molecular flexibility index (Phi) is 3.14. The second-order valence-corrected chi connectivity index (χ2v) is 4.14. The number of hydrogen-bond acceptors (Lipinski definition) is 5. The van der Waals surface area contributed by atoms with Gasteiger partial charge in [0, 0.05) is 19.0 Å². The number of tetrazole rings is 1. The molecule has 88 valence electrons. The van der Waals surface area contributed by atoms with E-state index in [1.54, 1.807) is 11.8 Å². The third kappa shape index (κ3) is 2.35. The molecule has 0 spiro atoms. The molecule has 2 heterocycles. The molecule has 1 aliphatic rings. The van der Waals surface area contributed by atoms with Gasteiger partial charge >= 0.3 is 0 Å². The van der Waals surface area contributed by atoms with Gasteiger partial charge < -0.3 is 10.0 Å². The SMILES string of the molecule is CC(O)C1CCN(C(=O)Cn2cnnn2)C1. The minimum atomic E-state index is -0.356. The average molecular weight is 225 g/mol. The van der Waals surface area contributed by atoms with Gasteiger partial charge in [-0.25, -0.2) is 4.68 Å². The van der Waals surface area contributed by atoms with Crippen LogP contribution in [-0.2, 0) is 11.3 Å². The Hall–Kier alpha value is -1.50. The predicted octanol–water partition coefficient (Wildman–Crippen LogP) is -1.10. The molecule has 16 heavy (non-hydrogen) atoms. The summed E-state index contributed by atoms with van der Waals surface area (Å²) in [5, 5.41) is 20.0. The minimum absolute atomic E-state index is 0.00421. The number of hydrogen-bond donors (Lipinski definition) is 1. The summed E-state index contributed by atoms with van der Waals surface area (Å²) in [7, 11) is 0. The lowest BCUT2D eigenvalue weighted by Gasteiger charge is -2.17. The smallest absolute Gasteiger partial charge is 0.244 e. The fraction of sp³-hybridized carbons (Fsp3) is 0.778. The lowest BCUT2D eigenvalue weighted by molar-refractivity contribution is -0.131. The lowest BCUT2D eigenvalue weighted by Crippen LogP contribution is -2.33. The van der Waals surface area contributed by atoms with E-state index in [0.717, 1.165) is 6.42 Å². The number of nitrogens with zero attached hydrogens (tertiary/aromatic N) is 5. The molecule has 1 saturated heterocycles. The molecule has 0 saturated carbocycles. The third-order valence-electron chi connectivity index (χ3n) is 2.95. The van der Waals surface area contributed by atoms with Crippen molar-refractivity contribution in [1.29, 1.82) is 0 Å². The van der Waals surface area contributed by atoms with Crippen LogP contribution in [0.2, 0.25) is 0 Å². The molecule has 1 aromatic heterocycles. The van der Waals surface area contributed by atoms with Crippen molar-refractivity contribution < 1.29 is 9.90 Å². The molecule has 1 aromatic rings. The predicted molar refractivity (Wildman–Crippen MR) is 54.2 cm³/mol. The molecule has 0 aromatic carbocycles. The molecule has 0 radical (unpaired) electrons. The number of rotatable bonds is 3. The summed E-state index contributed by atoms with van der Waals surface area (Å²) in [6, 6.07) is 0. The number of aromatic nitrogens is 4. The summed E-state index contributed by atoms with van der Waals surface area (Å²) >= 11 is 0. The first-order chi connectivity index (χ1) is 7.66. The Morgan fingerprint density at radius 2 is 2.50 bits per heavy atom. The van der Waals surface area contributed by atoms with Crippen LogP contribution in [-0.4, -0.2) is 55.3 Å². The van der Waals surface area contributed by atoms with Crippen LogP contribution in [0, 0.1) is 5.92 Å². The van der Waals surface area contributed by atoms with E-state index in [1.807, 2.05) is 0 Å². The van der Waals surface area contributed by atoms with Crippen LogP contribution in [0.5, 0.6) is 0 Å². The maximum absolute atomic E-state index is 11.8. The van der Waals surface area contributed by atoms with Gasteiger partial charge in [-0.1, -0.05) is 0 Å². The molecule has 2 atom stereocenters. The molecule has 2 rings (SSSR count). The Morgan fingerprint density at radius 3 is 3.06 bits per heavy atom. The maximum atomic E-state index is 11.8. The van der Waals surface area contributed by atoms with Crippen LogP contribution in [0.3, 0.4) is 0 Å². The van der Waals surface area contributed by atoms with Crippen LogP contribution < -0.4 is 0 Å². The van der Waals surface area contributed by atoms with Crippen molar-refractivity contribution in [3.05, 3.63) is 6.33 Å². The molecule has 0 aliphatic carbocycles. The van der Waals surface area contributed by atoms with E-state index >= 15 is 0 Å². The molecule has 7 nitrogen and oxygen atoms in total. The van der Waals surface area contributed by atoms with E-state index in [1.165, 1.54) is 11.0 Å². The van der Waals surface area contributed by atoms with E-state index in [0.29, 0.717) is 13.1 Å². The number of carbonyl (C=O) groups is 1. The monoisotopic (exact) mass is 225 g/mol. The first-order valence-corrected chi connectivity index (χ1v) is 5.33. The Morgan fingerprint density at radius 1 is 1.69 bits per heavy atom. The highest BCUT2D eigenvalue weighted by atomic mass is 16.3. The molecular weight excluding hydrogens is 210 g/mol. The molecule has 1 N–H and O–H groups in total. The molecule has 1 amide bonds. The summed E-state index contributed by atoms with van der Waals surface area (Å²) < 4.78 is 1.40. The number of aliphatic hydroxyl groups excluding tert-OH is 1. The van der Waals surface area contributed by atoms with Gasteiger partial charge in [-0.15, -0.1) is 5.10 Å². The van der Waals surface area contributed by atoms with Crippen molar-refractivity contribution in [3.8, 4) is 0 Å². The fourth-order valence-corrected chi connectivity index (χ4v) is 1.90. The molecule has 1 aliphatic heterocycles. The Bertz CT molecular complexity index is 351. The number of aliphatic hydroxyl groups is 1. The van der Waals surface area contributed by atoms with Crippen molar-refractivity contribution in [1.82, 2.24) is 25.1 Å². The quantitative estimate of drug-likeness (QED) is 0.706. The number of likely N-dealkylation sites (tertiary alicyclic amines) is 1. The van der Waals surface area contributed by atoms with Gasteiger partial charge in [0.1, 0.15) is 12.9 Å². The summed E-state index contributed by atoms with van der Waals surface area (Å²) in [6.45, 7) is 3.26. The van der Waals surface area contributed by atoms with E-state index in [9.17, 15) is 9.90 Å². The number of amides is 1. The topological polar surface area (TPSA) is 84.1 Å². The van der Waals surface area contributed by atoms with Crippen molar-refractivity contribution >= 4 is 5.91 Å².